The summed E-state index contributed by atoms with van der Waals surface area (Å²) >= 11 is 5.41. The lowest BCUT2D eigenvalue weighted by molar-refractivity contribution is 0.993. The molecule has 48 valence electrons. The van der Waals surface area contributed by atoms with Crippen LogP contribution in [-0.2, 0) is 0 Å². The Bertz CT molecular complexity index is 269. The van der Waals surface area contributed by atoms with Crippen LogP contribution in [0.1, 0.15) is 0 Å². The van der Waals surface area contributed by atoms with Gasteiger partial charge < -0.3 is 5.73 Å². The molecule has 0 aliphatic heterocycles. The lowest BCUT2D eigenvalue weighted by Gasteiger charge is -1.90. The Balaban J connectivity index is 3.43. The Labute approximate surface area is 55.6 Å². The number of nitrogen functional groups attached to an aromatic ring is 1. The van der Waals surface area contributed by atoms with E-state index in [4.69, 9.17) is 17.3 Å². The van der Waals surface area contributed by atoms with E-state index in [0.29, 0.717) is 0 Å². The second kappa shape index (κ2) is 2.06. The summed E-state index contributed by atoms with van der Waals surface area (Å²) in [5.41, 5.74) is 4.72. The van der Waals surface area contributed by atoms with E-state index in [0.717, 1.165) is 0 Å². The van der Waals surface area contributed by atoms with Crippen LogP contribution in [-0.4, -0.2) is 10.2 Å². The summed E-state index contributed by atoms with van der Waals surface area (Å²) in [6.07, 6.45) is 1.28. The third-order valence-electron chi connectivity index (χ3n) is 0.846. The van der Waals surface area contributed by atoms with E-state index >= 15 is 0 Å². The van der Waals surface area contributed by atoms with Gasteiger partial charge in [-0.3, -0.25) is 4.79 Å². The predicted molar refractivity (Wildman–Crippen MR) is 34.3 cm³/mol. The average Bonchev–Trinajstić information content (AvgIpc) is 1.83. The number of H-pyrrole nitrogens is 1. The van der Waals surface area contributed by atoms with Crippen LogP contribution in [0.5, 0.6) is 0 Å². The van der Waals surface area contributed by atoms with E-state index in [-0.39, 0.29) is 10.7 Å². The van der Waals surface area contributed by atoms with Gasteiger partial charge in [-0.2, -0.15) is 5.10 Å². The molecule has 1 heterocycles. The number of hydrogen-bond donors (Lipinski definition) is 2. The zero-order chi connectivity index (χ0) is 6.85. The average molecular weight is 146 g/mol. The normalized spacial score (nSPS) is 9.44. The summed E-state index contributed by atoms with van der Waals surface area (Å²) in [4.78, 5) is 10.5. The molecule has 0 aliphatic carbocycles. The summed E-state index contributed by atoms with van der Waals surface area (Å²) < 4.78 is 0. The van der Waals surface area contributed by atoms with Crippen molar-refractivity contribution in [2.75, 3.05) is 5.73 Å². The minimum Gasteiger partial charge on any atom is -0.393 e. The number of nitrogens with one attached hydrogen (secondary N) is 1. The van der Waals surface area contributed by atoms with Crippen LogP contribution in [0.3, 0.4) is 0 Å². The monoisotopic (exact) mass is 145 g/mol. The molecule has 0 saturated carbocycles. The molecule has 0 amide bonds. The highest BCUT2D eigenvalue weighted by Gasteiger charge is 1.97. The summed E-state index contributed by atoms with van der Waals surface area (Å²) in [5.74, 6) is 0. The van der Waals surface area contributed by atoms with Gasteiger partial charge in [0.05, 0.1) is 11.2 Å². The number of nitrogens with zero attached hydrogens (tertiary/aromatic N) is 1. The number of hydrogen-bond acceptors (Lipinski definition) is 3. The van der Waals surface area contributed by atoms with Crippen molar-refractivity contribution in [1.29, 1.82) is 0 Å². The first-order valence-corrected chi connectivity index (χ1v) is 2.58. The molecular weight excluding hydrogens is 142 g/mol. The molecule has 1 aromatic rings. The molecule has 4 nitrogen and oxygen atoms in total. The second-order valence-corrected chi connectivity index (χ2v) is 1.87. The van der Waals surface area contributed by atoms with E-state index in [2.05, 4.69) is 10.2 Å². The third kappa shape index (κ3) is 1.02. The quantitative estimate of drug-likeness (QED) is 0.540. The van der Waals surface area contributed by atoms with Crippen molar-refractivity contribution in [2.45, 2.75) is 0 Å². The van der Waals surface area contributed by atoms with Crippen molar-refractivity contribution in [3.63, 3.8) is 0 Å². The Kier molecular flexibility index (Phi) is 1.40. The molecular formula is C4H4ClN3O. The third-order valence-corrected chi connectivity index (χ3v) is 1.15. The van der Waals surface area contributed by atoms with Crippen LogP contribution in [0, 0.1) is 0 Å². The van der Waals surface area contributed by atoms with Crippen LogP contribution in [0.4, 0.5) is 5.69 Å². The van der Waals surface area contributed by atoms with Crippen molar-refractivity contribution >= 4 is 17.3 Å². The van der Waals surface area contributed by atoms with Gasteiger partial charge in [-0.1, -0.05) is 11.6 Å². The Morgan fingerprint density at radius 1 is 1.78 bits per heavy atom. The maximum absolute atomic E-state index is 10.5. The molecule has 0 aliphatic rings. The van der Waals surface area contributed by atoms with Crippen molar-refractivity contribution in [1.82, 2.24) is 10.2 Å². The molecule has 0 atom stereocenters. The van der Waals surface area contributed by atoms with Gasteiger partial charge in [0.25, 0.3) is 5.56 Å². The molecule has 1 aromatic heterocycles. The molecule has 5 heteroatoms. The van der Waals surface area contributed by atoms with Crippen molar-refractivity contribution in [2.24, 2.45) is 0 Å². The highest BCUT2D eigenvalue weighted by Crippen LogP contribution is 2.08. The van der Waals surface area contributed by atoms with Crippen molar-refractivity contribution in [3.05, 3.63) is 21.6 Å². The fraction of sp³-hybridized carbons (Fsp3) is 0. The molecule has 0 fully saturated rings. The van der Waals surface area contributed by atoms with Gasteiger partial charge in [-0.05, 0) is 0 Å². The zero-order valence-corrected chi connectivity index (χ0v) is 5.14. The first-order chi connectivity index (χ1) is 4.22. The Hall–Kier alpha value is -1.03. The molecule has 0 saturated heterocycles. The van der Waals surface area contributed by atoms with E-state index in [1.165, 1.54) is 6.20 Å². The SMILES string of the molecule is Nc1c(Cl)cn[nH]c1=O. The number of aromatic amines is 1. The first-order valence-electron chi connectivity index (χ1n) is 2.20. The molecule has 1 rings (SSSR count). The standard InChI is InChI=1S/C4H4ClN3O/c5-2-1-7-8-4(9)3(2)6/h1H,(H2,6,7)(H,8,9). The van der Waals surface area contributed by atoms with Crippen LogP contribution in [0.25, 0.3) is 0 Å². The number of anilines is 1. The van der Waals surface area contributed by atoms with E-state index < -0.39 is 5.56 Å². The maximum Gasteiger partial charge on any atom is 0.288 e. The van der Waals surface area contributed by atoms with Crippen LogP contribution >= 0.6 is 11.6 Å². The van der Waals surface area contributed by atoms with E-state index in [1.54, 1.807) is 0 Å². The van der Waals surface area contributed by atoms with Crippen LogP contribution in [0.2, 0.25) is 5.02 Å². The number of rotatable bonds is 0. The fourth-order valence-electron chi connectivity index (χ4n) is 0.386. The lowest BCUT2D eigenvalue weighted by atomic mass is 10.5. The van der Waals surface area contributed by atoms with Crippen LogP contribution < -0.4 is 11.3 Å². The Morgan fingerprint density at radius 2 is 2.44 bits per heavy atom. The second-order valence-electron chi connectivity index (χ2n) is 1.46. The summed E-state index contributed by atoms with van der Waals surface area (Å²) in [6.45, 7) is 0. The van der Waals surface area contributed by atoms with Gasteiger partial charge in [0.2, 0.25) is 0 Å². The minimum absolute atomic E-state index is 0.00617. The van der Waals surface area contributed by atoms with Gasteiger partial charge in [-0.25, -0.2) is 5.10 Å². The number of aromatic nitrogens is 2. The molecule has 3 N–H and O–H groups in total. The summed E-state index contributed by atoms with van der Waals surface area (Å²) in [5, 5.41) is 5.70. The topological polar surface area (TPSA) is 71.8 Å². The molecule has 0 radical (unpaired) electrons. The fourth-order valence-corrected chi connectivity index (χ4v) is 0.520. The largest absolute Gasteiger partial charge is 0.393 e. The Morgan fingerprint density at radius 3 is 2.89 bits per heavy atom. The van der Waals surface area contributed by atoms with Gasteiger partial charge in [-0.15, -0.1) is 0 Å². The highest BCUT2D eigenvalue weighted by molar-refractivity contribution is 6.32. The van der Waals surface area contributed by atoms with Gasteiger partial charge in [0.1, 0.15) is 5.69 Å². The summed E-state index contributed by atoms with van der Waals surface area (Å²) in [7, 11) is 0. The first kappa shape index (κ1) is 6.10. The van der Waals surface area contributed by atoms with Crippen LogP contribution in [0.15, 0.2) is 11.0 Å². The van der Waals surface area contributed by atoms with Gasteiger partial charge >= 0.3 is 0 Å². The highest BCUT2D eigenvalue weighted by atomic mass is 35.5. The molecule has 0 aromatic carbocycles. The smallest absolute Gasteiger partial charge is 0.288 e. The molecule has 0 bridgehead atoms. The lowest BCUT2D eigenvalue weighted by Crippen LogP contribution is -2.12. The van der Waals surface area contributed by atoms with E-state index in [9.17, 15) is 4.79 Å². The predicted octanol–water partition coefficient (Wildman–Crippen LogP) is 0.00550. The van der Waals surface area contributed by atoms with Crippen molar-refractivity contribution < 1.29 is 0 Å². The molecule has 0 unspecified atom stereocenters. The van der Waals surface area contributed by atoms with E-state index in [1.807, 2.05) is 0 Å². The minimum atomic E-state index is -0.456. The van der Waals surface area contributed by atoms with Gasteiger partial charge in [0, 0.05) is 0 Å². The number of nitrogens with two attached hydrogens (primary N) is 1. The zero-order valence-electron chi connectivity index (χ0n) is 4.39. The molecule has 9 heavy (non-hydrogen) atoms. The van der Waals surface area contributed by atoms with Crippen molar-refractivity contribution in [3.8, 4) is 0 Å². The number of halogens is 1. The van der Waals surface area contributed by atoms with Gasteiger partial charge in [0.15, 0.2) is 0 Å². The summed E-state index contributed by atoms with van der Waals surface area (Å²) in [6, 6.07) is 0. The molecule has 0 spiro atoms. The maximum atomic E-state index is 10.5.